The zero-order valence-corrected chi connectivity index (χ0v) is 23.9. The number of hydrogen-bond donors (Lipinski definition) is 1. The minimum Gasteiger partial charge on any atom is -0.494 e. The Kier molecular flexibility index (Phi) is 6.86. The van der Waals surface area contributed by atoms with Crippen LogP contribution in [0.3, 0.4) is 0 Å². The summed E-state index contributed by atoms with van der Waals surface area (Å²) in [7, 11) is 7.08. The van der Waals surface area contributed by atoms with Crippen molar-refractivity contribution in [2.24, 2.45) is 7.05 Å². The number of rotatable bonds is 9. The van der Waals surface area contributed by atoms with E-state index >= 15 is 4.39 Å². The molecule has 2 aliphatic rings. The number of likely N-dealkylation sites (N-methyl/N-ethyl adjacent to an activating group) is 1. The molecular formula is C28H34FN9O3. The van der Waals surface area contributed by atoms with Crippen LogP contribution in [0.15, 0.2) is 24.5 Å². The van der Waals surface area contributed by atoms with Gasteiger partial charge in [-0.3, -0.25) is 14.2 Å². The molecule has 4 aromatic rings. The summed E-state index contributed by atoms with van der Waals surface area (Å²) in [5.41, 5.74) is 5.16. The van der Waals surface area contributed by atoms with Gasteiger partial charge in [0.2, 0.25) is 0 Å². The molecule has 1 aliphatic carbocycles. The largest absolute Gasteiger partial charge is 0.494 e. The van der Waals surface area contributed by atoms with E-state index in [-0.39, 0.29) is 23.8 Å². The molecule has 1 amide bonds. The number of ether oxygens (including phenoxy) is 2. The van der Waals surface area contributed by atoms with Crippen molar-refractivity contribution >= 4 is 5.91 Å². The van der Waals surface area contributed by atoms with Crippen molar-refractivity contribution in [3.63, 3.8) is 0 Å². The fourth-order valence-corrected chi connectivity index (χ4v) is 5.58. The standard InChI is InChI=1S/C28H34FN9O3/c1-17-13-38(34-31-17)22-6-7-24(40-4)25(29)19(22)12-30-27(39)20-14-37(33-26(20)28(41-5)9-10-28)16-23-18-8-11-35(2)15-21(18)32-36(23)3/h6-7,13-14H,8-12,15-16H2,1-5H3,(H,30,39). The maximum absolute atomic E-state index is 15.4. The number of nitrogens with zero attached hydrogens (tertiary/aromatic N) is 8. The first kappa shape index (κ1) is 27.1. The summed E-state index contributed by atoms with van der Waals surface area (Å²) in [6, 6.07) is 3.22. The maximum Gasteiger partial charge on any atom is 0.255 e. The number of aromatic nitrogens is 7. The smallest absolute Gasteiger partial charge is 0.255 e. The molecule has 0 saturated heterocycles. The SMILES string of the molecule is COc1ccc(-n2cc(C)nn2)c(CNC(=O)c2cn(Cc3c4c(nn3C)CN(C)CC4)nc2C2(OC)CC2)c1F. The van der Waals surface area contributed by atoms with Crippen LogP contribution in [0.25, 0.3) is 5.69 Å². The predicted octanol–water partition coefficient (Wildman–Crippen LogP) is 2.26. The average molecular weight is 564 g/mol. The highest BCUT2D eigenvalue weighted by molar-refractivity contribution is 5.95. The van der Waals surface area contributed by atoms with E-state index in [2.05, 4.69) is 27.6 Å². The molecule has 1 saturated carbocycles. The zero-order valence-electron chi connectivity index (χ0n) is 23.9. The Labute approximate surface area is 237 Å². The number of halogens is 1. The van der Waals surface area contributed by atoms with Crippen LogP contribution in [0.2, 0.25) is 0 Å². The number of aryl methyl sites for hydroxylation is 2. The van der Waals surface area contributed by atoms with Crippen LogP contribution in [0.4, 0.5) is 4.39 Å². The summed E-state index contributed by atoms with van der Waals surface area (Å²) in [6.45, 7) is 3.96. The highest BCUT2D eigenvalue weighted by atomic mass is 19.1. The second-order valence-corrected chi connectivity index (χ2v) is 10.8. The number of amides is 1. The van der Waals surface area contributed by atoms with E-state index in [0.717, 1.165) is 43.7 Å². The Morgan fingerprint density at radius 2 is 1.98 bits per heavy atom. The number of carbonyl (C=O) groups excluding carboxylic acids is 1. The lowest BCUT2D eigenvalue weighted by atomic mass is 10.0. The summed E-state index contributed by atoms with van der Waals surface area (Å²) < 4.78 is 31.6. The van der Waals surface area contributed by atoms with Crippen LogP contribution in [0, 0.1) is 12.7 Å². The van der Waals surface area contributed by atoms with E-state index in [9.17, 15) is 4.79 Å². The predicted molar refractivity (Wildman–Crippen MR) is 146 cm³/mol. The molecule has 3 aromatic heterocycles. The van der Waals surface area contributed by atoms with Gasteiger partial charge >= 0.3 is 0 Å². The van der Waals surface area contributed by atoms with Gasteiger partial charge in [-0.15, -0.1) is 5.10 Å². The summed E-state index contributed by atoms with van der Waals surface area (Å²) in [6.07, 6.45) is 5.91. The quantitative estimate of drug-likeness (QED) is 0.330. The monoisotopic (exact) mass is 563 g/mol. The Balaban J connectivity index is 1.30. The highest BCUT2D eigenvalue weighted by Gasteiger charge is 2.49. The molecule has 1 aliphatic heterocycles. The Morgan fingerprint density at radius 3 is 2.66 bits per heavy atom. The molecule has 13 heteroatoms. The van der Waals surface area contributed by atoms with E-state index in [0.29, 0.717) is 29.2 Å². The molecule has 12 nitrogen and oxygen atoms in total. The number of methoxy groups -OCH3 is 2. The van der Waals surface area contributed by atoms with E-state index < -0.39 is 11.4 Å². The first-order valence-electron chi connectivity index (χ1n) is 13.6. The van der Waals surface area contributed by atoms with Gasteiger partial charge < -0.3 is 19.7 Å². The number of nitrogens with one attached hydrogen (secondary N) is 1. The van der Waals surface area contributed by atoms with E-state index in [1.54, 1.807) is 37.2 Å². The third kappa shape index (κ3) is 4.88. The summed E-state index contributed by atoms with van der Waals surface area (Å²) in [4.78, 5) is 15.9. The summed E-state index contributed by atoms with van der Waals surface area (Å²) in [5, 5.41) is 20.6. The van der Waals surface area contributed by atoms with Gasteiger partial charge in [0.15, 0.2) is 11.6 Å². The van der Waals surface area contributed by atoms with Crippen molar-refractivity contribution in [3.8, 4) is 11.4 Å². The van der Waals surface area contributed by atoms with Crippen molar-refractivity contribution in [1.82, 2.24) is 44.8 Å². The average Bonchev–Trinajstić information content (AvgIpc) is 3.26. The van der Waals surface area contributed by atoms with Crippen molar-refractivity contribution in [2.45, 2.75) is 51.4 Å². The molecule has 0 unspecified atom stereocenters. The lowest BCUT2D eigenvalue weighted by Gasteiger charge is -2.21. The van der Waals surface area contributed by atoms with Crippen LogP contribution in [0.5, 0.6) is 5.75 Å². The van der Waals surface area contributed by atoms with Gasteiger partial charge in [-0.2, -0.15) is 10.2 Å². The van der Waals surface area contributed by atoms with Crippen LogP contribution >= 0.6 is 0 Å². The van der Waals surface area contributed by atoms with Gasteiger partial charge in [0.05, 0.1) is 48.2 Å². The molecule has 0 spiro atoms. The molecular weight excluding hydrogens is 529 g/mol. The first-order chi connectivity index (χ1) is 19.7. The molecule has 1 fully saturated rings. The molecule has 216 valence electrons. The van der Waals surface area contributed by atoms with Gasteiger partial charge in [-0.25, -0.2) is 9.07 Å². The number of fused-ring (bicyclic) bond motifs is 1. The molecule has 41 heavy (non-hydrogen) atoms. The molecule has 0 radical (unpaired) electrons. The molecule has 1 aromatic carbocycles. The number of hydrogen-bond acceptors (Lipinski definition) is 8. The second kappa shape index (κ2) is 10.4. The zero-order chi connectivity index (χ0) is 28.9. The molecule has 1 N–H and O–H groups in total. The summed E-state index contributed by atoms with van der Waals surface area (Å²) >= 11 is 0. The van der Waals surface area contributed by atoms with E-state index in [1.807, 2.05) is 11.7 Å². The number of carbonyl (C=O) groups is 1. The van der Waals surface area contributed by atoms with Gasteiger partial charge in [0, 0.05) is 51.1 Å². The van der Waals surface area contributed by atoms with E-state index in [1.165, 1.54) is 23.4 Å². The lowest BCUT2D eigenvalue weighted by Crippen LogP contribution is -2.26. The Bertz CT molecular complexity index is 1620. The lowest BCUT2D eigenvalue weighted by molar-refractivity contribution is 0.0721. The minimum atomic E-state index is -0.600. The first-order valence-corrected chi connectivity index (χ1v) is 13.6. The van der Waals surface area contributed by atoms with Crippen molar-refractivity contribution in [2.75, 3.05) is 27.8 Å². The minimum absolute atomic E-state index is 0.0744. The topological polar surface area (TPSA) is 117 Å². The van der Waals surface area contributed by atoms with Gasteiger partial charge in [0.1, 0.15) is 11.3 Å². The van der Waals surface area contributed by atoms with Gasteiger partial charge in [-0.1, -0.05) is 5.21 Å². The van der Waals surface area contributed by atoms with Gasteiger partial charge in [0.25, 0.3) is 5.91 Å². The fraction of sp³-hybridized carbons (Fsp3) is 0.464. The third-order valence-electron chi connectivity index (χ3n) is 8.05. The second-order valence-electron chi connectivity index (χ2n) is 10.8. The van der Waals surface area contributed by atoms with Crippen molar-refractivity contribution < 1.29 is 18.7 Å². The van der Waals surface area contributed by atoms with Crippen LogP contribution in [-0.2, 0) is 43.4 Å². The molecule has 0 bridgehead atoms. The number of benzene rings is 1. The van der Waals surface area contributed by atoms with Crippen LogP contribution in [-0.4, -0.2) is 73.2 Å². The fourth-order valence-electron chi connectivity index (χ4n) is 5.58. The summed E-state index contributed by atoms with van der Waals surface area (Å²) in [5.74, 6) is -0.868. The van der Waals surface area contributed by atoms with Gasteiger partial charge in [-0.05, 0) is 45.4 Å². The van der Waals surface area contributed by atoms with Crippen LogP contribution < -0.4 is 10.1 Å². The Morgan fingerprint density at radius 1 is 1.17 bits per heavy atom. The molecule has 0 atom stereocenters. The highest BCUT2D eigenvalue weighted by Crippen LogP contribution is 2.49. The van der Waals surface area contributed by atoms with E-state index in [4.69, 9.17) is 19.7 Å². The van der Waals surface area contributed by atoms with Crippen molar-refractivity contribution in [1.29, 1.82) is 0 Å². The molecule has 6 rings (SSSR count). The third-order valence-corrected chi connectivity index (χ3v) is 8.05. The maximum atomic E-state index is 15.4. The Hall–Kier alpha value is -4.10. The van der Waals surface area contributed by atoms with Crippen molar-refractivity contribution in [3.05, 3.63) is 69.8 Å². The molecule has 4 heterocycles. The normalized spacial score (nSPS) is 16.0. The van der Waals surface area contributed by atoms with Crippen LogP contribution in [0.1, 0.15) is 57.1 Å².